The third-order valence-corrected chi connectivity index (χ3v) is 3.80. The highest BCUT2D eigenvalue weighted by molar-refractivity contribution is 9.10. The molecule has 0 aliphatic carbocycles. The molecule has 3 rings (SSSR count). The number of nitrogens with one attached hydrogen (secondary N) is 2. The molecule has 110 valence electrons. The first kappa shape index (κ1) is 14.6. The molecular weight excluding hydrogens is 340 g/mol. The summed E-state index contributed by atoms with van der Waals surface area (Å²) in [4.78, 5) is 12.0. The molecule has 4 heteroatoms. The molecule has 0 unspecified atom stereocenters. The smallest absolute Gasteiger partial charge is 0.243 e. The van der Waals surface area contributed by atoms with Crippen molar-refractivity contribution in [2.75, 3.05) is 17.2 Å². The van der Waals surface area contributed by atoms with Crippen molar-refractivity contribution in [1.82, 2.24) is 0 Å². The molecule has 0 fully saturated rings. The minimum absolute atomic E-state index is 0.0775. The van der Waals surface area contributed by atoms with E-state index in [4.69, 9.17) is 0 Å². The summed E-state index contributed by atoms with van der Waals surface area (Å²) in [7, 11) is 0. The van der Waals surface area contributed by atoms with E-state index in [1.54, 1.807) is 0 Å². The Bertz CT molecular complexity index is 817. The highest BCUT2D eigenvalue weighted by atomic mass is 79.9. The predicted molar refractivity (Wildman–Crippen MR) is 95.2 cm³/mol. The number of carbonyl (C=O) groups is 1. The molecule has 0 radical (unpaired) electrons. The first-order valence-corrected chi connectivity index (χ1v) is 7.78. The maximum absolute atomic E-state index is 12.0. The molecule has 2 N–H and O–H groups in total. The van der Waals surface area contributed by atoms with Crippen LogP contribution >= 0.6 is 15.9 Å². The summed E-state index contributed by atoms with van der Waals surface area (Å²) in [6.45, 7) is 0.227. The second-order valence-corrected chi connectivity index (χ2v) is 5.89. The Labute approximate surface area is 137 Å². The molecule has 0 aromatic heterocycles. The molecule has 1 amide bonds. The zero-order valence-electron chi connectivity index (χ0n) is 11.8. The number of rotatable bonds is 4. The molecule has 0 bridgehead atoms. The second-order valence-electron chi connectivity index (χ2n) is 4.97. The molecule has 0 heterocycles. The molecule has 0 aliphatic rings. The Hall–Kier alpha value is -2.33. The van der Waals surface area contributed by atoms with Crippen LogP contribution < -0.4 is 10.6 Å². The summed E-state index contributed by atoms with van der Waals surface area (Å²) in [5, 5.41) is 8.35. The normalized spacial score (nSPS) is 10.4. The van der Waals surface area contributed by atoms with Crippen molar-refractivity contribution < 1.29 is 4.79 Å². The fraction of sp³-hybridized carbons (Fsp3) is 0.0556. The van der Waals surface area contributed by atoms with Crippen molar-refractivity contribution in [3.8, 4) is 0 Å². The molecule has 3 nitrogen and oxygen atoms in total. The van der Waals surface area contributed by atoms with Crippen molar-refractivity contribution >= 4 is 44.0 Å². The van der Waals surface area contributed by atoms with E-state index in [1.165, 1.54) is 5.39 Å². The lowest BCUT2D eigenvalue weighted by molar-refractivity contribution is -0.114. The molecule has 0 saturated heterocycles. The standard InChI is InChI=1S/C18H15BrN2O/c19-15-6-3-7-17(11-15)21-18(22)12-20-16-9-8-13-4-1-2-5-14(13)10-16/h1-11,20H,12H2,(H,21,22). The van der Waals surface area contributed by atoms with Crippen molar-refractivity contribution in [3.63, 3.8) is 0 Å². The lowest BCUT2D eigenvalue weighted by atomic mass is 10.1. The van der Waals surface area contributed by atoms with Gasteiger partial charge in [-0.3, -0.25) is 4.79 Å². The molecule has 22 heavy (non-hydrogen) atoms. The van der Waals surface area contributed by atoms with E-state index in [0.717, 1.165) is 21.2 Å². The highest BCUT2D eigenvalue weighted by Crippen LogP contribution is 2.19. The zero-order valence-corrected chi connectivity index (χ0v) is 13.4. The first-order chi connectivity index (χ1) is 10.7. The number of carbonyl (C=O) groups excluding carboxylic acids is 1. The monoisotopic (exact) mass is 354 g/mol. The number of fused-ring (bicyclic) bond motifs is 1. The average Bonchev–Trinajstić information content (AvgIpc) is 2.53. The Morgan fingerprint density at radius 1 is 0.864 bits per heavy atom. The van der Waals surface area contributed by atoms with Crippen LogP contribution in [0.15, 0.2) is 71.2 Å². The quantitative estimate of drug-likeness (QED) is 0.715. The maximum Gasteiger partial charge on any atom is 0.243 e. The molecule has 3 aromatic carbocycles. The molecule has 3 aromatic rings. The van der Waals surface area contributed by atoms with Crippen LogP contribution in [-0.2, 0) is 4.79 Å². The minimum Gasteiger partial charge on any atom is -0.376 e. The van der Waals surface area contributed by atoms with Gasteiger partial charge in [-0.1, -0.05) is 52.3 Å². The van der Waals surface area contributed by atoms with Gasteiger partial charge in [0.15, 0.2) is 0 Å². The van der Waals surface area contributed by atoms with E-state index in [9.17, 15) is 4.79 Å². The largest absolute Gasteiger partial charge is 0.376 e. The van der Waals surface area contributed by atoms with E-state index >= 15 is 0 Å². The van der Waals surface area contributed by atoms with Crippen LogP contribution in [0.2, 0.25) is 0 Å². The maximum atomic E-state index is 12.0. The number of hydrogen-bond acceptors (Lipinski definition) is 2. The number of benzene rings is 3. The Kier molecular flexibility index (Phi) is 4.39. The SMILES string of the molecule is O=C(CNc1ccc2ccccc2c1)Nc1cccc(Br)c1. The Morgan fingerprint density at radius 2 is 1.68 bits per heavy atom. The van der Waals surface area contributed by atoms with Gasteiger partial charge in [-0.2, -0.15) is 0 Å². The zero-order chi connectivity index (χ0) is 15.4. The molecule has 0 atom stereocenters. The summed E-state index contributed by atoms with van der Waals surface area (Å²) in [5.74, 6) is -0.0775. The van der Waals surface area contributed by atoms with Gasteiger partial charge in [0, 0.05) is 15.8 Å². The van der Waals surface area contributed by atoms with Gasteiger partial charge >= 0.3 is 0 Å². The van der Waals surface area contributed by atoms with Gasteiger partial charge in [0.05, 0.1) is 6.54 Å². The lowest BCUT2D eigenvalue weighted by Crippen LogP contribution is -2.21. The van der Waals surface area contributed by atoms with Crippen LogP contribution in [0.3, 0.4) is 0 Å². The van der Waals surface area contributed by atoms with Crippen LogP contribution in [-0.4, -0.2) is 12.5 Å². The average molecular weight is 355 g/mol. The van der Waals surface area contributed by atoms with Crippen LogP contribution in [0, 0.1) is 0 Å². The molecule has 0 spiro atoms. The van der Waals surface area contributed by atoms with Gasteiger partial charge in [0.2, 0.25) is 5.91 Å². The minimum atomic E-state index is -0.0775. The van der Waals surface area contributed by atoms with Gasteiger partial charge in [0.25, 0.3) is 0 Å². The van der Waals surface area contributed by atoms with Gasteiger partial charge in [-0.25, -0.2) is 0 Å². The number of halogens is 1. The third kappa shape index (κ3) is 3.65. The van der Waals surface area contributed by atoms with E-state index in [1.807, 2.05) is 54.6 Å². The van der Waals surface area contributed by atoms with E-state index < -0.39 is 0 Å². The Balaban J connectivity index is 1.62. The predicted octanol–water partition coefficient (Wildman–Crippen LogP) is 4.65. The molecular formula is C18H15BrN2O. The van der Waals surface area contributed by atoms with Crippen LogP contribution in [0.4, 0.5) is 11.4 Å². The summed E-state index contributed by atoms with van der Waals surface area (Å²) < 4.78 is 0.938. The van der Waals surface area contributed by atoms with Gasteiger partial charge in [-0.15, -0.1) is 0 Å². The highest BCUT2D eigenvalue weighted by Gasteiger charge is 2.03. The van der Waals surface area contributed by atoms with Crippen LogP contribution in [0.5, 0.6) is 0 Å². The summed E-state index contributed by atoms with van der Waals surface area (Å²) >= 11 is 3.38. The second kappa shape index (κ2) is 6.62. The molecule has 0 aliphatic heterocycles. The first-order valence-electron chi connectivity index (χ1n) is 6.99. The van der Waals surface area contributed by atoms with Crippen molar-refractivity contribution in [2.24, 2.45) is 0 Å². The summed E-state index contributed by atoms with van der Waals surface area (Å²) in [6.07, 6.45) is 0. The van der Waals surface area contributed by atoms with E-state index in [2.05, 4.69) is 38.7 Å². The van der Waals surface area contributed by atoms with Crippen molar-refractivity contribution in [2.45, 2.75) is 0 Å². The van der Waals surface area contributed by atoms with Gasteiger partial charge in [-0.05, 0) is 41.1 Å². The number of hydrogen-bond donors (Lipinski definition) is 2. The van der Waals surface area contributed by atoms with E-state index in [0.29, 0.717) is 0 Å². The molecule has 0 saturated carbocycles. The lowest BCUT2D eigenvalue weighted by Gasteiger charge is -2.09. The van der Waals surface area contributed by atoms with Crippen LogP contribution in [0.25, 0.3) is 10.8 Å². The topological polar surface area (TPSA) is 41.1 Å². The fourth-order valence-electron chi connectivity index (χ4n) is 2.25. The van der Waals surface area contributed by atoms with E-state index in [-0.39, 0.29) is 12.5 Å². The fourth-order valence-corrected chi connectivity index (χ4v) is 2.65. The van der Waals surface area contributed by atoms with Crippen molar-refractivity contribution in [1.29, 1.82) is 0 Å². The van der Waals surface area contributed by atoms with Gasteiger partial charge < -0.3 is 10.6 Å². The third-order valence-electron chi connectivity index (χ3n) is 3.31. The number of amides is 1. The van der Waals surface area contributed by atoms with Crippen LogP contribution in [0.1, 0.15) is 0 Å². The number of anilines is 2. The Morgan fingerprint density at radius 3 is 2.50 bits per heavy atom. The summed E-state index contributed by atoms with van der Waals surface area (Å²) in [5.41, 5.74) is 1.71. The summed E-state index contributed by atoms with van der Waals surface area (Å²) in [6, 6.07) is 21.8. The van der Waals surface area contributed by atoms with Crippen molar-refractivity contribution in [3.05, 3.63) is 71.2 Å². The van der Waals surface area contributed by atoms with Gasteiger partial charge in [0.1, 0.15) is 0 Å².